The van der Waals surface area contributed by atoms with E-state index in [9.17, 15) is 0 Å². The highest BCUT2D eigenvalue weighted by Crippen LogP contribution is 2.75. The van der Waals surface area contributed by atoms with Crippen molar-refractivity contribution in [3.63, 3.8) is 0 Å². The molecule has 2 nitrogen and oxygen atoms in total. The number of hydrogen-bond donors (Lipinski definition) is 0. The molecular formula is C19H30O2. The molecule has 2 heteroatoms. The molecule has 0 aromatic rings. The van der Waals surface area contributed by atoms with E-state index in [1.54, 1.807) is 0 Å². The SMILES string of the molecule is C=CC1(C)OC2CC34CC(C(C)(C)C3CCC4C)C2(C)O1. The van der Waals surface area contributed by atoms with Crippen LogP contribution in [-0.4, -0.2) is 17.5 Å². The average molecular weight is 290 g/mol. The first-order chi connectivity index (χ1) is 9.68. The van der Waals surface area contributed by atoms with E-state index in [1.807, 2.05) is 13.0 Å². The van der Waals surface area contributed by atoms with E-state index in [2.05, 4.69) is 34.3 Å². The van der Waals surface area contributed by atoms with Crippen LogP contribution in [0.1, 0.15) is 60.3 Å². The molecule has 0 aromatic carbocycles. The predicted molar refractivity (Wildman–Crippen MR) is 83.8 cm³/mol. The van der Waals surface area contributed by atoms with Crippen molar-refractivity contribution in [2.75, 3.05) is 0 Å². The topological polar surface area (TPSA) is 18.5 Å². The van der Waals surface area contributed by atoms with Gasteiger partial charge in [0.25, 0.3) is 0 Å². The maximum atomic E-state index is 6.51. The molecule has 3 aliphatic carbocycles. The lowest BCUT2D eigenvalue weighted by atomic mass is 9.63. The molecule has 2 bridgehead atoms. The van der Waals surface area contributed by atoms with E-state index in [1.165, 1.54) is 25.7 Å². The van der Waals surface area contributed by atoms with E-state index >= 15 is 0 Å². The molecule has 0 N–H and O–H groups in total. The highest BCUT2D eigenvalue weighted by molar-refractivity contribution is 5.22. The van der Waals surface area contributed by atoms with Crippen molar-refractivity contribution < 1.29 is 9.47 Å². The van der Waals surface area contributed by atoms with Crippen molar-refractivity contribution in [1.29, 1.82) is 0 Å². The molecule has 1 saturated heterocycles. The number of fused-ring (bicyclic) bond motifs is 3. The Balaban J connectivity index is 1.81. The molecule has 0 radical (unpaired) electrons. The van der Waals surface area contributed by atoms with Crippen molar-refractivity contribution in [3.8, 4) is 0 Å². The molecule has 118 valence electrons. The van der Waals surface area contributed by atoms with Gasteiger partial charge in [-0.15, -0.1) is 0 Å². The highest BCUT2D eigenvalue weighted by atomic mass is 16.8. The lowest BCUT2D eigenvalue weighted by Gasteiger charge is -2.47. The van der Waals surface area contributed by atoms with Crippen LogP contribution in [0.5, 0.6) is 0 Å². The van der Waals surface area contributed by atoms with E-state index in [4.69, 9.17) is 9.47 Å². The molecule has 4 rings (SSSR count). The monoisotopic (exact) mass is 290 g/mol. The Morgan fingerprint density at radius 2 is 1.76 bits per heavy atom. The third-order valence-corrected chi connectivity index (χ3v) is 8.01. The zero-order chi connectivity index (χ0) is 15.3. The summed E-state index contributed by atoms with van der Waals surface area (Å²) in [6, 6.07) is 0. The maximum absolute atomic E-state index is 6.51. The van der Waals surface area contributed by atoms with E-state index in [0.29, 0.717) is 16.7 Å². The number of rotatable bonds is 1. The quantitative estimate of drug-likeness (QED) is 0.660. The largest absolute Gasteiger partial charge is 0.340 e. The van der Waals surface area contributed by atoms with Crippen molar-refractivity contribution >= 4 is 0 Å². The summed E-state index contributed by atoms with van der Waals surface area (Å²) in [6.45, 7) is 15.7. The van der Waals surface area contributed by atoms with Gasteiger partial charge in [0.15, 0.2) is 5.79 Å². The molecule has 1 heterocycles. The standard InChI is InChI=1S/C19H30O2/c1-7-17(5)20-15-11-19-10-14(18(15,6)21-17)16(3,4)13(19)9-8-12(19)2/h7,12-15H,1,8-11H2,2-6H3. The van der Waals surface area contributed by atoms with Crippen molar-refractivity contribution in [1.82, 2.24) is 0 Å². The van der Waals surface area contributed by atoms with Crippen molar-refractivity contribution in [2.24, 2.45) is 28.6 Å². The lowest BCUT2D eigenvalue weighted by Crippen LogP contribution is -2.52. The minimum atomic E-state index is -0.603. The third-order valence-electron chi connectivity index (χ3n) is 8.01. The summed E-state index contributed by atoms with van der Waals surface area (Å²) in [5, 5.41) is 0. The fourth-order valence-electron chi connectivity index (χ4n) is 6.95. The minimum Gasteiger partial charge on any atom is -0.340 e. The molecule has 4 aliphatic rings. The summed E-state index contributed by atoms with van der Waals surface area (Å²) in [4.78, 5) is 0. The molecule has 7 unspecified atom stereocenters. The van der Waals surface area contributed by atoms with Crippen LogP contribution in [0.3, 0.4) is 0 Å². The van der Waals surface area contributed by atoms with Gasteiger partial charge < -0.3 is 9.47 Å². The smallest absolute Gasteiger partial charge is 0.185 e. The van der Waals surface area contributed by atoms with Crippen LogP contribution in [-0.2, 0) is 9.47 Å². The molecule has 0 aromatic heterocycles. The molecule has 0 amide bonds. The highest BCUT2D eigenvalue weighted by Gasteiger charge is 2.74. The zero-order valence-electron chi connectivity index (χ0n) is 14.2. The molecule has 21 heavy (non-hydrogen) atoms. The minimum absolute atomic E-state index is 0.151. The van der Waals surface area contributed by atoms with Crippen LogP contribution in [0.15, 0.2) is 12.7 Å². The molecular weight excluding hydrogens is 260 g/mol. The third kappa shape index (κ3) is 1.47. The van der Waals surface area contributed by atoms with Gasteiger partial charge in [0.05, 0.1) is 11.7 Å². The van der Waals surface area contributed by atoms with Gasteiger partial charge in [-0.25, -0.2) is 0 Å². The van der Waals surface area contributed by atoms with Gasteiger partial charge in [-0.05, 0) is 74.2 Å². The van der Waals surface area contributed by atoms with Crippen LogP contribution in [0.2, 0.25) is 0 Å². The second-order valence-corrected chi connectivity index (χ2v) is 9.16. The first kappa shape index (κ1) is 14.3. The molecule has 3 saturated carbocycles. The van der Waals surface area contributed by atoms with E-state index in [0.717, 1.165) is 11.8 Å². The number of ether oxygens (including phenoxy) is 2. The summed E-state index contributed by atoms with van der Waals surface area (Å²) in [7, 11) is 0. The average Bonchev–Trinajstić information content (AvgIpc) is 2.92. The maximum Gasteiger partial charge on any atom is 0.185 e. The number of hydrogen-bond acceptors (Lipinski definition) is 2. The van der Waals surface area contributed by atoms with Crippen LogP contribution in [0, 0.1) is 28.6 Å². The van der Waals surface area contributed by atoms with Gasteiger partial charge in [0.2, 0.25) is 0 Å². The van der Waals surface area contributed by atoms with E-state index < -0.39 is 5.79 Å². The summed E-state index contributed by atoms with van der Waals surface area (Å²) in [6.07, 6.45) is 7.36. The van der Waals surface area contributed by atoms with Gasteiger partial charge in [-0.1, -0.05) is 27.4 Å². The summed E-state index contributed by atoms with van der Waals surface area (Å²) in [5.74, 6) is 1.66. The summed E-state index contributed by atoms with van der Waals surface area (Å²) < 4.78 is 12.9. The Kier molecular flexibility index (Phi) is 2.56. The molecule has 7 atom stereocenters. The predicted octanol–water partition coefficient (Wildman–Crippen LogP) is 4.55. The van der Waals surface area contributed by atoms with Gasteiger partial charge in [-0.3, -0.25) is 0 Å². The Hall–Kier alpha value is -0.340. The first-order valence-electron chi connectivity index (χ1n) is 8.69. The Labute approximate surface area is 129 Å². The fraction of sp³-hybridized carbons (Fsp3) is 0.895. The second kappa shape index (κ2) is 3.76. The molecule has 1 aliphatic heterocycles. The van der Waals surface area contributed by atoms with Crippen LogP contribution in [0.4, 0.5) is 0 Å². The van der Waals surface area contributed by atoms with Gasteiger partial charge in [0.1, 0.15) is 0 Å². The molecule has 1 spiro atoms. The van der Waals surface area contributed by atoms with Crippen molar-refractivity contribution in [2.45, 2.75) is 77.8 Å². The van der Waals surface area contributed by atoms with Crippen LogP contribution < -0.4 is 0 Å². The lowest BCUT2D eigenvalue weighted by molar-refractivity contribution is -0.157. The first-order valence-corrected chi connectivity index (χ1v) is 8.69. The van der Waals surface area contributed by atoms with Crippen LogP contribution in [0.25, 0.3) is 0 Å². The molecule has 4 fully saturated rings. The van der Waals surface area contributed by atoms with Crippen LogP contribution >= 0.6 is 0 Å². The van der Waals surface area contributed by atoms with Gasteiger partial charge in [0, 0.05) is 0 Å². The van der Waals surface area contributed by atoms with Crippen molar-refractivity contribution in [3.05, 3.63) is 12.7 Å². The Bertz CT molecular complexity index is 498. The normalized spacial score (nSPS) is 60.6. The Morgan fingerprint density at radius 3 is 2.43 bits per heavy atom. The summed E-state index contributed by atoms with van der Waals surface area (Å²) >= 11 is 0. The second-order valence-electron chi connectivity index (χ2n) is 9.16. The van der Waals surface area contributed by atoms with Gasteiger partial charge in [-0.2, -0.15) is 0 Å². The summed E-state index contributed by atoms with van der Waals surface area (Å²) in [5.41, 5.74) is 0.694. The zero-order valence-corrected chi connectivity index (χ0v) is 14.2. The van der Waals surface area contributed by atoms with Gasteiger partial charge >= 0.3 is 0 Å². The fourth-order valence-corrected chi connectivity index (χ4v) is 6.95. The van der Waals surface area contributed by atoms with E-state index in [-0.39, 0.29) is 11.7 Å². The Morgan fingerprint density at radius 1 is 1.05 bits per heavy atom.